The molecule has 1 N–H and O–H groups in total. The molecule has 29 heavy (non-hydrogen) atoms. The third kappa shape index (κ3) is 4.72. The van der Waals surface area contributed by atoms with Crippen LogP contribution in [0.1, 0.15) is 43.0 Å². The number of methoxy groups -OCH3 is 1. The van der Waals surface area contributed by atoms with Gasteiger partial charge >= 0.3 is 0 Å². The Morgan fingerprint density at radius 3 is 2.52 bits per heavy atom. The van der Waals surface area contributed by atoms with Crippen molar-refractivity contribution >= 4 is 21.6 Å². The molecule has 0 aliphatic heterocycles. The lowest BCUT2D eigenvalue weighted by atomic mass is 10.0. The van der Waals surface area contributed by atoms with E-state index in [9.17, 15) is 13.2 Å². The average molecular weight is 417 g/mol. The number of hydrogen-bond donors (Lipinski definition) is 1. The van der Waals surface area contributed by atoms with E-state index >= 15 is 0 Å². The van der Waals surface area contributed by atoms with Crippen molar-refractivity contribution in [2.24, 2.45) is 0 Å². The van der Waals surface area contributed by atoms with Gasteiger partial charge < -0.3 is 10.1 Å². The van der Waals surface area contributed by atoms with Gasteiger partial charge in [0.1, 0.15) is 11.8 Å². The molecule has 1 aliphatic rings. The molecule has 0 saturated heterocycles. The Labute approximate surface area is 172 Å². The number of amides is 1. The lowest BCUT2D eigenvalue weighted by molar-refractivity contribution is -0.122. The molecule has 0 aromatic heterocycles. The third-order valence-electron chi connectivity index (χ3n) is 5.38. The fraction of sp³-hybridized carbons (Fsp3) is 0.409. The molecule has 0 unspecified atom stereocenters. The monoisotopic (exact) mass is 416 g/mol. The van der Waals surface area contributed by atoms with Crippen molar-refractivity contribution in [2.75, 3.05) is 17.7 Å². The summed E-state index contributed by atoms with van der Waals surface area (Å²) in [4.78, 5) is 12.9. The quantitative estimate of drug-likeness (QED) is 0.752. The van der Waals surface area contributed by atoms with E-state index in [2.05, 4.69) is 17.4 Å². The summed E-state index contributed by atoms with van der Waals surface area (Å²) in [5.41, 5.74) is 4.13. The molecule has 0 spiro atoms. The van der Waals surface area contributed by atoms with Crippen LogP contribution in [0.4, 0.5) is 5.69 Å². The topological polar surface area (TPSA) is 75.7 Å². The summed E-state index contributed by atoms with van der Waals surface area (Å²) < 4.78 is 31.3. The Morgan fingerprint density at radius 2 is 1.83 bits per heavy atom. The summed E-state index contributed by atoms with van der Waals surface area (Å²) in [6, 6.07) is 11.9. The number of hydrogen-bond acceptors (Lipinski definition) is 4. The van der Waals surface area contributed by atoms with Gasteiger partial charge in [-0.1, -0.05) is 24.3 Å². The molecule has 0 bridgehead atoms. The SMILES string of the molecule is COc1cccc(N([C@H](C)C(=O)N[C@H](C)c2ccc3c(c2)CCC3)S(C)(=O)=O)c1. The van der Waals surface area contributed by atoms with E-state index in [0.29, 0.717) is 11.4 Å². The normalized spacial score (nSPS) is 15.3. The van der Waals surface area contributed by atoms with Gasteiger partial charge in [0.05, 0.1) is 25.1 Å². The minimum Gasteiger partial charge on any atom is -0.497 e. The minimum atomic E-state index is -3.68. The number of rotatable bonds is 7. The molecule has 1 aliphatic carbocycles. The number of aryl methyl sites for hydroxylation is 2. The maximum Gasteiger partial charge on any atom is 0.244 e. The molecular weight excluding hydrogens is 388 g/mol. The molecular formula is C22H28N2O4S. The number of nitrogens with one attached hydrogen (secondary N) is 1. The molecule has 3 rings (SSSR count). The highest BCUT2D eigenvalue weighted by Gasteiger charge is 2.30. The number of anilines is 1. The highest BCUT2D eigenvalue weighted by molar-refractivity contribution is 7.92. The molecule has 1 amide bonds. The van der Waals surface area contributed by atoms with Gasteiger partial charge in [0.15, 0.2) is 0 Å². The van der Waals surface area contributed by atoms with Crippen LogP contribution in [-0.4, -0.2) is 33.7 Å². The molecule has 2 atom stereocenters. The van der Waals surface area contributed by atoms with Gasteiger partial charge in [0, 0.05) is 6.07 Å². The van der Waals surface area contributed by atoms with Crippen LogP contribution in [0.3, 0.4) is 0 Å². The van der Waals surface area contributed by atoms with Crippen molar-refractivity contribution in [1.82, 2.24) is 5.32 Å². The van der Waals surface area contributed by atoms with Gasteiger partial charge in [0.25, 0.3) is 0 Å². The number of ether oxygens (including phenoxy) is 1. The van der Waals surface area contributed by atoms with Crippen molar-refractivity contribution < 1.29 is 17.9 Å². The first kappa shape index (κ1) is 21.2. The van der Waals surface area contributed by atoms with Gasteiger partial charge in [-0.3, -0.25) is 9.10 Å². The van der Waals surface area contributed by atoms with Crippen LogP contribution in [0.2, 0.25) is 0 Å². The van der Waals surface area contributed by atoms with Crippen LogP contribution in [0.5, 0.6) is 5.75 Å². The number of sulfonamides is 1. The van der Waals surface area contributed by atoms with Crippen molar-refractivity contribution in [3.05, 3.63) is 59.2 Å². The van der Waals surface area contributed by atoms with Gasteiger partial charge in [0.2, 0.25) is 15.9 Å². The highest BCUT2D eigenvalue weighted by atomic mass is 32.2. The van der Waals surface area contributed by atoms with E-state index in [1.807, 2.05) is 13.0 Å². The molecule has 0 radical (unpaired) electrons. The van der Waals surface area contributed by atoms with Crippen molar-refractivity contribution in [2.45, 2.75) is 45.2 Å². The second kappa shape index (κ2) is 8.45. The van der Waals surface area contributed by atoms with Crippen LogP contribution >= 0.6 is 0 Å². The summed E-state index contributed by atoms with van der Waals surface area (Å²) >= 11 is 0. The van der Waals surface area contributed by atoms with E-state index in [0.717, 1.165) is 29.0 Å². The highest BCUT2D eigenvalue weighted by Crippen LogP contribution is 2.27. The van der Waals surface area contributed by atoms with Gasteiger partial charge in [-0.15, -0.1) is 0 Å². The van der Waals surface area contributed by atoms with Gasteiger partial charge in [-0.2, -0.15) is 0 Å². The summed E-state index contributed by atoms with van der Waals surface area (Å²) in [7, 11) is -2.17. The zero-order valence-electron chi connectivity index (χ0n) is 17.3. The maximum atomic E-state index is 12.9. The van der Waals surface area contributed by atoms with Crippen LogP contribution in [-0.2, 0) is 27.7 Å². The maximum absolute atomic E-state index is 12.9. The second-order valence-corrected chi connectivity index (χ2v) is 9.41. The lowest BCUT2D eigenvalue weighted by Crippen LogP contribution is -2.48. The number of fused-ring (bicyclic) bond motifs is 1. The van der Waals surface area contributed by atoms with E-state index in [-0.39, 0.29) is 11.9 Å². The smallest absolute Gasteiger partial charge is 0.244 e. The lowest BCUT2D eigenvalue weighted by Gasteiger charge is -2.29. The minimum absolute atomic E-state index is 0.220. The largest absolute Gasteiger partial charge is 0.497 e. The van der Waals surface area contributed by atoms with Gasteiger partial charge in [-0.25, -0.2) is 8.42 Å². The van der Waals surface area contributed by atoms with E-state index in [1.54, 1.807) is 31.2 Å². The Bertz CT molecular complexity index is 1000. The van der Waals surface area contributed by atoms with Crippen LogP contribution in [0.15, 0.2) is 42.5 Å². The molecule has 7 heteroatoms. The van der Waals surface area contributed by atoms with Crippen molar-refractivity contribution in [3.8, 4) is 5.75 Å². The summed E-state index contributed by atoms with van der Waals surface area (Å²) in [6.07, 6.45) is 4.44. The molecule has 0 heterocycles. The molecule has 2 aromatic rings. The Balaban J connectivity index is 1.80. The van der Waals surface area contributed by atoms with Crippen molar-refractivity contribution in [3.63, 3.8) is 0 Å². The first-order valence-corrected chi connectivity index (χ1v) is 11.6. The van der Waals surface area contributed by atoms with Gasteiger partial charge in [-0.05, 0) is 61.9 Å². The molecule has 2 aromatic carbocycles. The Morgan fingerprint density at radius 1 is 1.10 bits per heavy atom. The fourth-order valence-corrected chi connectivity index (χ4v) is 5.00. The fourth-order valence-electron chi connectivity index (χ4n) is 3.83. The van der Waals surface area contributed by atoms with E-state index in [4.69, 9.17) is 4.74 Å². The number of carbonyl (C=O) groups is 1. The molecule has 156 valence electrons. The molecule has 0 fully saturated rings. The Kier molecular flexibility index (Phi) is 6.17. The predicted molar refractivity (Wildman–Crippen MR) is 115 cm³/mol. The average Bonchev–Trinajstić information content (AvgIpc) is 3.14. The standard InChI is InChI=1S/C22H28N2O4S/c1-15(18-12-11-17-7-5-8-19(17)13-18)23-22(25)16(2)24(29(4,26)27)20-9-6-10-21(14-20)28-3/h6,9-16H,5,7-8H2,1-4H3,(H,23,25)/t15-,16-/m1/s1. The second-order valence-electron chi connectivity index (χ2n) is 7.55. The summed E-state index contributed by atoms with van der Waals surface area (Å²) in [5, 5.41) is 2.96. The van der Waals surface area contributed by atoms with Crippen LogP contribution in [0.25, 0.3) is 0 Å². The zero-order valence-corrected chi connectivity index (χ0v) is 18.1. The first-order valence-electron chi connectivity index (χ1n) is 9.76. The first-order chi connectivity index (χ1) is 13.7. The number of carbonyl (C=O) groups excluding carboxylic acids is 1. The Hall–Kier alpha value is -2.54. The summed E-state index contributed by atoms with van der Waals surface area (Å²) in [6.45, 7) is 3.50. The van der Waals surface area contributed by atoms with E-state index in [1.165, 1.54) is 24.7 Å². The predicted octanol–water partition coefficient (Wildman–Crippen LogP) is 3.22. The number of benzene rings is 2. The molecule has 0 saturated carbocycles. The summed E-state index contributed by atoms with van der Waals surface area (Å²) in [5.74, 6) is 0.168. The van der Waals surface area contributed by atoms with Crippen LogP contribution in [0, 0.1) is 0 Å². The third-order valence-corrected chi connectivity index (χ3v) is 6.62. The van der Waals surface area contributed by atoms with Crippen molar-refractivity contribution in [1.29, 1.82) is 0 Å². The van der Waals surface area contributed by atoms with Crippen LogP contribution < -0.4 is 14.4 Å². The number of nitrogens with zero attached hydrogens (tertiary/aromatic N) is 1. The van der Waals surface area contributed by atoms with E-state index < -0.39 is 16.1 Å². The zero-order chi connectivity index (χ0) is 21.2. The molecule has 6 nitrogen and oxygen atoms in total.